The second-order valence-electron chi connectivity index (χ2n) is 5.14. The van der Waals surface area contributed by atoms with Crippen LogP contribution in [-0.4, -0.2) is 12.1 Å². The van der Waals surface area contributed by atoms with E-state index >= 15 is 0 Å². The van der Waals surface area contributed by atoms with E-state index in [1.165, 1.54) is 0 Å². The van der Waals surface area contributed by atoms with Crippen molar-refractivity contribution >= 4 is 17.4 Å². The number of urea groups is 1. The van der Waals surface area contributed by atoms with Gasteiger partial charge in [-0.2, -0.15) is 0 Å². The molecule has 0 aliphatic rings. The highest BCUT2D eigenvalue weighted by atomic mass is 16.5. The summed E-state index contributed by atoms with van der Waals surface area (Å²) < 4.78 is 5.55. The third kappa shape index (κ3) is 4.84. The second-order valence-corrected chi connectivity index (χ2v) is 5.14. The lowest BCUT2D eigenvalue weighted by atomic mass is 10.2. The van der Waals surface area contributed by atoms with Crippen molar-refractivity contribution in [3.63, 3.8) is 0 Å². The Bertz CT molecular complexity index is 606. The Morgan fingerprint density at radius 2 is 1.67 bits per heavy atom. The van der Waals surface area contributed by atoms with Gasteiger partial charge in [0.15, 0.2) is 0 Å². The summed E-state index contributed by atoms with van der Waals surface area (Å²) in [6.45, 7) is 5.93. The van der Waals surface area contributed by atoms with Gasteiger partial charge in [0.25, 0.3) is 0 Å². The highest BCUT2D eigenvalue weighted by Crippen LogP contribution is 2.17. The lowest BCUT2D eigenvalue weighted by Crippen LogP contribution is -2.19. The van der Waals surface area contributed by atoms with E-state index in [0.29, 0.717) is 0 Å². The van der Waals surface area contributed by atoms with Crippen LogP contribution in [-0.2, 0) is 0 Å². The monoisotopic (exact) mass is 284 g/mol. The van der Waals surface area contributed by atoms with E-state index < -0.39 is 0 Å². The zero-order valence-corrected chi connectivity index (χ0v) is 12.5. The molecule has 0 unspecified atom stereocenters. The highest BCUT2D eigenvalue weighted by Gasteiger charge is 2.03. The van der Waals surface area contributed by atoms with E-state index in [1.807, 2.05) is 69.3 Å². The summed E-state index contributed by atoms with van der Waals surface area (Å²) in [5.41, 5.74) is 2.59. The molecule has 0 fully saturated rings. The summed E-state index contributed by atoms with van der Waals surface area (Å²) in [4.78, 5) is 11.9. The van der Waals surface area contributed by atoms with Gasteiger partial charge in [-0.25, -0.2) is 4.79 Å². The molecule has 0 aromatic heterocycles. The zero-order chi connectivity index (χ0) is 15.2. The van der Waals surface area contributed by atoms with Gasteiger partial charge in [0.1, 0.15) is 5.75 Å². The molecular formula is C17H20N2O2. The molecule has 0 aliphatic carbocycles. The van der Waals surface area contributed by atoms with Gasteiger partial charge in [0.05, 0.1) is 6.10 Å². The first kappa shape index (κ1) is 14.9. The maximum atomic E-state index is 11.9. The Morgan fingerprint density at radius 1 is 1.00 bits per heavy atom. The summed E-state index contributed by atoms with van der Waals surface area (Å²) in [5, 5.41) is 5.58. The van der Waals surface area contributed by atoms with Crippen LogP contribution in [0.2, 0.25) is 0 Å². The first-order valence-electron chi connectivity index (χ1n) is 6.94. The van der Waals surface area contributed by atoms with Crippen molar-refractivity contribution < 1.29 is 9.53 Å². The molecule has 0 bridgehead atoms. The lowest BCUT2D eigenvalue weighted by molar-refractivity contribution is 0.242. The minimum Gasteiger partial charge on any atom is -0.491 e. The van der Waals surface area contributed by atoms with E-state index in [0.717, 1.165) is 22.7 Å². The third-order valence-corrected chi connectivity index (χ3v) is 2.76. The number of hydrogen-bond donors (Lipinski definition) is 2. The second kappa shape index (κ2) is 6.79. The van der Waals surface area contributed by atoms with Gasteiger partial charge >= 0.3 is 6.03 Å². The van der Waals surface area contributed by atoms with Gasteiger partial charge in [-0.15, -0.1) is 0 Å². The molecular weight excluding hydrogens is 264 g/mol. The molecule has 0 heterocycles. The molecule has 21 heavy (non-hydrogen) atoms. The fourth-order valence-electron chi connectivity index (χ4n) is 1.91. The van der Waals surface area contributed by atoms with E-state index in [1.54, 1.807) is 0 Å². The van der Waals surface area contributed by atoms with E-state index in [2.05, 4.69) is 10.6 Å². The smallest absolute Gasteiger partial charge is 0.323 e. The van der Waals surface area contributed by atoms with Crippen molar-refractivity contribution in [3.05, 3.63) is 54.1 Å². The molecule has 2 rings (SSSR count). The summed E-state index contributed by atoms with van der Waals surface area (Å²) in [6.07, 6.45) is 0.133. The van der Waals surface area contributed by atoms with Crippen molar-refractivity contribution in [2.75, 3.05) is 10.6 Å². The molecule has 4 heteroatoms. The van der Waals surface area contributed by atoms with Crippen LogP contribution in [0.25, 0.3) is 0 Å². The number of nitrogens with one attached hydrogen (secondary N) is 2. The largest absolute Gasteiger partial charge is 0.491 e. The number of hydrogen-bond acceptors (Lipinski definition) is 2. The molecule has 0 atom stereocenters. The number of carbonyl (C=O) groups is 1. The van der Waals surface area contributed by atoms with E-state index in [-0.39, 0.29) is 12.1 Å². The molecule has 0 aliphatic heterocycles. The molecule has 2 N–H and O–H groups in total. The van der Waals surface area contributed by atoms with Gasteiger partial charge in [-0.3, -0.25) is 0 Å². The fraction of sp³-hybridized carbons (Fsp3) is 0.235. The number of carbonyl (C=O) groups excluding carboxylic acids is 1. The zero-order valence-electron chi connectivity index (χ0n) is 12.5. The van der Waals surface area contributed by atoms with Gasteiger partial charge in [0.2, 0.25) is 0 Å². The normalized spacial score (nSPS) is 10.3. The van der Waals surface area contributed by atoms with Gasteiger partial charge in [-0.1, -0.05) is 12.1 Å². The number of rotatable bonds is 4. The van der Waals surface area contributed by atoms with Crippen LogP contribution < -0.4 is 15.4 Å². The van der Waals surface area contributed by atoms with Crippen molar-refractivity contribution in [2.24, 2.45) is 0 Å². The van der Waals surface area contributed by atoms with Crippen LogP contribution in [0.15, 0.2) is 48.5 Å². The summed E-state index contributed by atoms with van der Waals surface area (Å²) in [6, 6.07) is 14.7. The van der Waals surface area contributed by atoms with Gasteiger partial charge < -0.3 is 15.4 Å². The average molecular weight is 284 g/mol. The number of aryl methyl sites for hydroxylation is 1. The average Bonchev–Trinajstić information content (AvgIpc) is 2.40. The first-order chi connectivity index (χ1) is 10.0. The summed E-state index contributed by atoms with van der Waals surface area (Å²) >= 11 is 0. The van der Waals surface area contributed by atoms with Crippen LogP contribution >= 0.6 is 0 Å². The highest BCUT2D eigenvalue weighted by molar-refractivity contribution is 5.99. The Hall–Kier alpha value is -2.49. The van der Waals surface area contributed by atoms with Crippen molar-refractivity contribution in [2.45, 2.75) is 26.9 Å². The standard InChI is InChI=1S/C17H20N2O2/c1-12(2)21-16-9-7-14(8-10-16)18-17(20)19-15-6-4-5-13(3)11-15/h4-12H,1-3H3,(H2,18,19,20). The van der Waals surface area contributed by atoms with E-state index in [9.17, 15) is 4.79 Å². The number of anilines is 2. The Kier molecular flexibility index (Phi) is 4.82. The van der Waals surface area contributed by atoms with Crippen LogP contribution in [0.1, 0.15) is 19.4 Å². The first-order valence-corrected chi connectivity index (χ1v) is 6.94. The Morgan fingerprint density at radius 3 is 2.29 bits per heavy atom. The number of amides is 2. The Labute approximate surface area is 125 Å². The van der Waals surface area contributed by atoms with Crippen molar-refractivity contribution in [3.8, 4) is 5.75 Å². The number of ether oxygens (including phenoxy) is 1. The molecule has 2 aromatic carbocycles. The van der Waals surface area contributed by atoms with Crippen molar-refractivity contribution in [1.29, 1.82) is 0 Å². The molecule has 0 spiro atoms. The quantitative estimate of drug-likeness (QED) is 0.872. The predicted molar refractivity (Wildman–Crippen MR) is 86.0 cm³/mol. The van der Waals surface area contributed by atoms with Gasteiger partial charge in [-0.05, 0) is 62.7 Å². The minimum atomic E-state index is -0.266. The van der Waals surface area contributed by atoms with Crippen molar-refractivity contribution in [1.82, 2.24) is 0 Å². The van der Waals surface area contributed by atoms with Crippen LogP contribution in [0.3, 0.4) is 0 Å². The lowest BCUT2D eigenvalue weighted by Gasteiger charge is -2.11. The van der Waals surface area contributed by atoms with Crippen LogP contribution in [0.4, 0.5) is 16.2 Å². The SMILES string of the molecule is Cc1cccc(NC(=O)Nc2ccc(OC(C)C)cc2)c1. The fourth-order valence-corrected chi connectivity index (χ4v) is 1.91. The molecule has 110 valence electrons. The minimum absolute atomic E-state index is 0.133. The van der Waals surface area contributed by atoms with Gasteiger partial charge in [0, 0.05) is 11.4 Å². The predicted octanol–water partition coefficient (Wildman–Crippen LogP) is 4.43. The maximum Gasteiger partial charge on any atom is 0.323 e. The van der Waals surface area contributed by atoms with Crippen LogP contribution in [0, 0.1) is 6.92 Å². The van der Waals surface area contributed by atoms with E-state index in [4.69, 9.17) is 4.74 Å². The molecule has 0 saturated carbocycles. The topological polar surface area (TPSA) is 50.4 Å². The Balaban J connectivity index is 1.93. The third-order valence-electron chi connectivity index (χ3n) is 2.76. The summed E-state index contributed by atoms with van der Waals surface area (Å²) in [7, 11) is 0. The molecule has 2 aromatic rings. The van der Waals surface area contributed by atoms with Crippen LogP contribution in [0.5, 0.6) is 5.75 Å². The molecule has 2 amide bonds. The molecule has 0 radical (unpaired) electrons. The number of benzene rings is 2. The molecule has 0 saturated heterocycles. The summed E-state index contributed by atoms with van der Waals surface area (Å²) in [5.74, 6) is 0.787. The maximum absolute atomic E-state index is 11.9. The molecule has 4 nitrogen and oxygen atoms in total.